The molecule has 2 saturated heterocycles. The Labute approximate surface area is 205 Å². The summed E-state index contributed by atoms with van der Waals surface area (Å²) in [6, 6.07) is 0. The number of aliphatic hydroxyl groups is 2. The number of hydrogen-bond donors (Lipinski definition) is 2. The number of amides is 1. The van der Waals surface area contributed by atoms with Crippen molar-refractivity contribution in [2.24, 2.45) is 16.8 Å². The third-order valence-corrected chi connectivity index (χ3v) is 9.36. The quantitative estimate of drug-likeness (QED) is 0.561. The summed E-state index contributed by atoms with van der Waals surface area (Å²) in [5.74, 6) is -1.79. The summed E-state index contributed by atoms with van der Waals surface area (Å²) in [5, 5.41) is 20.2. The summed E-state index contributed by atoms with van der Waals surface area (Å²) in [4.78, 5) is 47.1. The minimum absolute atomic E-state index is 0.0000410. The molecule has 1 aliphatic carbocycles. The highest BCUT2D eigenvalue weighted by Crippen LogP contribution is 2.66. The lowest BCUT2D eigenvalue weighted by Gasteiger charge is -2.42. The van der Waals surface area contributed by atoms with Gasteiger partial charge in [0.05, 0.1) is 12.2 Å². The maximum Gasteiger partial charge on any atom is 0.361 e. The van der Waals surface area contributed by atoms with Gasteiger partial charge in [-0.2, -0.15) is 4.99 Å². The SMILES string of the molecule is CC(C)CN1CCC(OC2=NC3=C(CN(C(=O)C4CC4)CC3)S23OC(=O)C(O)C(O)C(=O)O3)CC1. The fraction of sp³-hybridized carbons (Fsp3) is 0.739. The molecule has 5 rings (SSSR count). The number of rotatable bonds is 4. The number of aliphatic imine (C=N–C) groups is 1. The first kappa shape index (κ1) is 24.5. The molecule has 0 aromatic heterocycles. The molecular formula is C23H33N3O8S. The molecule has 35 heavy (non-hydrogen) atoms. The van der Waals surface area contributed by atoms with E-state index in [1.807, 2.05) is 0 Å². The van der Waals surface area contributed by atoms with Crippen LogP contribution in [-0.4, -0.2) is 94.1 Å². The minimum atomic E-state index is -3.33. The Balaban J connectivity index is 1.40. The molecule has 0 aromatic carbocycles. The number of nitrogens with zero attached hydrogens (tertiary/aromatic N) is 3. The summed E-state index contributed by atoms with van der Waals surface area (Å²) in [5.41, 5.74) is 0.568. The highest BCUT2D eigenvalue weighted by Gasteiger charge is 2.55. The van der Waals surface area contributed by atoms with Crippen LogP contribution in [0.2, 0.25) is 0 Å². The summed E-state index contributed by atoms with van der Waals surface area (Å²) in [7, 11) is -3.33. The first-order valence-corrected chi connectivity index (χ1v) is 13.8. The standard InChI is InChI=1S/C23H33N3O8S/c1-13(2)11-25-8-5-15(6-9-25)32-23-24-16-7-10-26(20(29)14-3-4-14)12-17(16)35(23)33-21(30)18(27)19(28)22(31)34-35/h13-15,18-19,27-28H,3-12H2,1-2H3. The Morgan fingerprint density at radius 3 is 2.29 bits per heavy atom. The van der Waals surface area contributed by atoms with Crippen molar-refractivity contribution in [1.29, 1.82) is 0 Å². The highest BCUT2D eigenvalue weighted by molar-refractivity contribution is 8.41. The fourth-order valence-electron chi connectivity index (χ4n) is 4.87. The van der Waals surface area contributed by atoms with E-state index in [1.165, 1.54) is 0 Å². The third-order valence-electron chi connectivity index (χ3n) is 6.90. The van der Waals surface area contributed by atoms with Crippen LogP contribution in [0.15, 0.2) is 15.6 Å². The molecule has 11 nitrogen and oxygen atoms in total. The molecule has 4 aliphatic heterocycles. The Hall–Kier alpha value is -2.15. The fourth-order valence-corrected chi connectivity index (χ4v) is 7.39. The Morgan fingerprint density at radius 1 is 1.09 bits per heavy atom. The van der Waals surface area contributed by atoms with E-state index >= 15 is 0 Å². The summed E-state index contributed by atoms with van der Waals surface area (Å²) in [6.45, 7) is 7.58. The van der Waals surface area contributed by atoms with E-state index in [9.17, 15) is 24.6 Å². The van der Waals surface area contributed by atoms with Gasteiger partial charge in [0.25, 0.3) is 0 Å². The van der Waals surface area contributed by atoms with Crippen LogP contribution in [-0.2, 0) is 27.5 Å². The summed E-state index contributed by atoms with van der Waals surface area (Å²) in [6.07, 6.45) is -0.814. The zero-order valence-electron chi connectivity index (χ0n) is 20.1. The number of ether oxygens (including phenoxy) is 1. The summed E-state index contributed by atoms with van der Waals surface area (Å²) < 4.78 is 17.6. The predicted octanol–water partition coefficient (Wildman–Crippen LogP) is 0.803. The van der Waals surface area contributed by atoms with E-state index in [1.54, 1.807) is 4.90 Å². The average Bonchev–Trinajstić information content (AvgIpc) is 3.64. The molecule has 2 unspecified atom stereocenters. The number of likely N-dealkylation sites (tertiary alicyclic amines) is 1. The average molecular weight is 512 g/mol. The van der Waals surface area contributed by atoms with Crippen molar-refractivity contribution in [2.75, 3.05) is 32.7 Å². The zero-order chi connectivity index (χ0) is 24.9. The van der Waals surface area contributed by atoms with Crippen molar-refractivity contribution in [3.8, 4) is 0 Å². The molecule has 5 aliphatic rings. The van der Waals surface area contributed by atoms with Crippen molar-refractivity contribution in [2.45, 2.75) is 64.3 Å². The van der Waals surface area contributed by atoms with E-state index in [4.69, 9.17) is 13.1 Å². The monoisotopic (exact) mass is 511 g/mol. The molecule has 1 amide bonds. The van der Waals surface area contributed by atoms with E-state index in [2.05, 4.69) is 23.7 Å². The second-order valence-electron chi connectivity index (χ2n) is 10.2. The van der Waals surface area contributed by atoms with Gasteiger partial charge in [-0.1, -0.05) is 13.8 Å². The van der Waals surface area contributed by atoms with Crippen molar-refractivity contribution in [1.82, 2.24) is 9.80 Å². The van der Waals surface area contributed by atoms with Gasteiger partial charge in [-0.05, 0) is 42.2 Å². The lowest BCUT2D eigenvalue weighted by Crippen LogP contribution is -2.41. The maximum absolute atomic E-state index is 12.8. The van der Waals surface area contributed by atoms with Crippen LogP contribution in [0.4, 0.5) is 0 Å². The Kier molecular flexibility index (Phi) is 6.58. The lowest BCUT2D eigenvalue weighted by molar-refractivity contribution is -0.156. The largest absolute Gasteiger partial charge is 0.461 e. The highest BCUT2D eigenvalue weighted by atomic mass is 32.3. The van der Waals surface area contributed by atoms with Crippen molar-refractivity contribution in [3.05, 3.63) is 10.6 Å². The van der Waals surface area contributed by atoms with Gasteiger partial charge in [-0.15, -0.1) is 0 Å². The van der Waals surface area contributed by atoms with Crippen LogP contribution in [0.5, 0.6) is 0 Å². The van der Waals surface area contributed by atoms with Gasteiger partial charge < -0.3 is 33.1 Å². The lowest BCUT2D eigenvalue weighted by atomic mass is 10.1. The number of piperidine rings is 1. The topological polar surface area (TPSA) is 138 Å². The van der Waals surface area contributed by atoms with E-state index < -0.39 is 34.7 Å². The second-order valence-corrected chi connectivity index (χ2v) is 12.4. The van der Waals surface area contributed by atoms with Crippen LogP contribution in [0.25, 0.3) is 0 Å². The zero-order valence-corrected chi connectivity index (χ0v) is 20.9. The van der Waals surface area contributed by atoms with E-state index in [0.717, 1.165) is 45.3 Å². The molecule has 0 bridgehead atoms. The smallest absolute Gasteiger partial charge is 0.361 e. The van der Waals surface area contributed by atoms with E-state index in [-0.39, 0.29) is 29.7 Å². The molecule has 0 aromatic rings. The maximum atomic E-state index is 12.8. The Bertz CT molecular complexity index is 948. The molecule has 2 N–H and O–H groups in total. The van der Waals surface area contributed by atoms with Crippen LogP contribution in [0.3, 0.4) is 0 Å². The third kappa shape index (κ3) is 4.68. The molecule has 0 radical (unpaired) electrons. The van der Waals surface area contributed by atoms with Gasteiger partial charge in [-0.25, -0.2) is 9.59 Å². The van der Waals surface area contributed by atoms with Crippen LogP contribution < -0.4 is 0 Å². The minimum Gasteiger partial charge on any atom is -0.461 e. The van der Waals surface area contributed by atoms with Crippen molar-refractivity contribution in [3.63, 3.8) is 0 Å². The van der Waals surface area contributed by atoms with Gasteiger partial charge in [0.1, 0.15) is 11.0 Å². The molecule has 4 heterocycles. The number of hydrogen-bond acceptors (Lipinski definition) is 10. The molecule has 3 fully saturated rings. The van der Waals surface area contributed by atoms with Crippen molar-refractivity contribution >= 4 is 33.7 Å². The second kappa shape index (κ2) is 9.38. The molecular weight excluding hydrogens is 478 g/mol. The molecule has 1 spiro atoms. The van der Waals surface area contributed by atoms with Gasteiger partial charge in [0, 0.05) is 38.5 Å². The van der Waals surface area contributed by atoms with Gasteiger partial charge >= 0.3 is 17.2 Å². The first-order chi connectivity index (χ1) is 16.7. The summed E-state index contributed by atoms with van der Waals surface area (Å²) >= 11 is 0. The van der Waals surface area contributed by atoms with Crippen LogP contribution >= 0.6 is 10.6 Å². The van der Waals surface area contributed by atoms with Gasteiger partial charge in [-0.3, -0.25) is 4.79 Å². The number of carbonyl (C=O) groups excluding carboxylic acids is 3. The molecule has 194 valence electrons. The van der Waals surface area contributed by atoms with E-state index in [0.29, 0.717) is 29.5 Å². The van der Waals surface area contributed by atoms with Crippen molar-refractivity contribution < 1.29 is 37.7 Å². The molecule has 2 atom stereocenters. The Morgan fingerprint density at radius 2 is 1.71 bits per heavy atom. The van der Waals surface area contributed by atoms with Gasteiger partial charge in [0.15, 0.2) is 12.2 Å². The van der Waals surface area contributed by atoms with Crippen LogP contribution in [0.1, 0.15) is 46.0 Å². The number of fused-ring (bicyclic) bond motifs is 1. The van der Waals surface area contributed by atoms with Crippen LogP contribution in [0, 0.1) is 11.8 Å². The predicted molar refractivity (Wildman–Crippen MR) is 126 cm³/mol. The van der Waals surface area contributed by atoms with Gasteiger partial charge in [0.2, 0.25) is 5.91 Å². The number of aliphatic hydroxyl groups excluding tert-OH is 2. The molecule has 12 heteroatoms. The number of carbonyl (C=O) groups is 3. The molecule has 1 saturated carbocycles. The normalized spacial score (nSPS) is 34.2. The first-order valence-electron chi connectivity index (χ1n) is 12.3.